The standard InChI is InChI=1S/C13H26N4O2.ClH/c1-3-6-15-13(19)16-12(18)10-17(8-4-2)11-5-7-14-9-11;/h11,14H,3-10H2,1-2H3,(H2,15,16,18,19);1H. The van der Waals surface area contributed by atoms with Crippen LogP contribution in [0.3, 0.4) is 0 Å². The van der Waals surface area contributed by atoms with E-state index in [-0.39, 0.29) is 18.3 Å². The Kier molecular flexibility index (Phi) is 10.4. The molecule has 0 aromatic carbocycles. The van der Waals surface area contributed by atoms with E-state index in [1.807, 2.05) is 6.92 Å². The highest BCUT2D eigenvalue weighted by atomic mass is 35.5. The summed E-state index contributed by atoms with van der Waals surface area (Å²) in [4.78, 5) is 25.4. The lowest BCUT2D eigenvalue weighted by molar-refractivity contribution is -0.121. The zero-order valence-electron chi connectivity index (χ0n) is 12.4. The Morgan fingerprint density at radius 1 is 1.30 bits per heavy atom. The summed E-state index contributed by atoms with van der Waals surface area (Å²) in [6.45, 7) is 7.76. The third-order valence-corrected chi connectivity index (χ3v) is 3.20. The molecule has 6 nitrogen and oxygen atoms in total. The van der Waals surface area contributed by atoms with Crippen LogP contribution in [-0.2, 0) is 4.79 Å². The molecule has 0 aromatic heterocycles. The highest BCUT2D eigenvalue weighted by molar-refractivity contribution is 5.95. The Labute approximate surface area is 127 Å². The number of urea groups is 1. The van der Waals surface area contributed by atoms with Crippen molar-refractivity contribution in [2.24, 2.45) is 0 Å². The second kappa shape index (κ2) is 10.9. The summed E-state index contributed by atoms with van der Waals surface area (Å²) in [6.07, 6.45) is 2.93. The van der Waals surface area contributed by atoms with Gasteiger partial charge in [-0.15, -0.1) is 12.4 Å². The average Bonchev–Trinajstić information content (AvgIpc) is 2.89. The first-order chi connectivity index (χ1) is 9.17. The zero-order chi connectivity index (χ0) is 14.1. The minimum absolute atomic E-state index is 0. The molecule has 1 unspecified atom stereocenters. The van der Waals surface area contributed by atoms with Crippen LogP contribution in [0.15, 0.2) is 0 Å². The van der Waals surface area contributed by atoms with Gasteiger partial charge in [0.05, 0.1) is 6.54 Å². The van der Waals surface area contributed by atoms with Crippen LogP contribution in [0, 0.1) is 0 Å². The van der Waals surface area contributed by atoms with Crippen LogP contribution in [-0.4, -0.2) is 55.6 Å². The second-order valence-corrected chi connectivity index (χ2v) is 4.92. The summed E-state index contributed by atoms with van der Waals surface area (Å²) in [5.74, 6) is -0.228. The first-order valence-corrected chi connectivity index (χ1v) is 7.19. The third-order valence-electron chi connectivity index (χ3n) is 3.20. The number of rotatable bonds is 7. The number of nitrogens with zero attached hydrogens (tertiary/aromatic N) is 1. The summed E-state index contributed by atoms with van der Waals surface area (Å²) in [5, 5.41) is 8.31. The van der Waals surface area contributed by atoms with Crippen LogP contribution in [0.1, 0.15) is 33.1 Å². The van der Waals surface area contributed by atoms with Crippen molar-refractivity contribution < 1.29 is 9.59 Å². The maximum absolute atomic E-state index is 11.8. The SMILES string of the molecule is CCCNC(=O)NC(=O)CN(CCC)C1CCNC1.Cl. The number of amides is 3. The molecule has 1 heterocycles. The maximum Gasteiger partial charge on any atom is 0.321 e. The van der Waals surface area contributed by atoms with Crippen LogP contribution in [0.4, 0.5) is 4.79 Å². The van der Waals surface area contributed by atoms with E-state index in [4.69, 9.17) is 0 Å². The van der Waals surface area contributed by atoms with Crippen molar-refractivity contribution in [2.75, 3.05) is 32.7 Å². The lowest BCUT2D eigenvalue weighted by Gasteiger charge is -2.27. The summed E-state index contributed by atoms with van der Waals surface area (Å²) in [6, 6.07) is 0.0113. The first-order valence-electron chi connectivity index (χ1n) is 7.19. The molecular weight excluding hydrogens is 280 g/mol. The van der Waals surface area contributed by atoms with Gasteiger partial charge in [0.2, 0.25) is 5.91 Å². The fraction of sp³-hybridized carbons (Fsp3) is 0.846. The van der Waals surface area contributed by atoms with Crippen molar-refractivity contribution in [1.82, 2.24) is 20.9 Å². The largest absolute Gasteiger partial charge is 0.338 e. The first kappa shape index (κ1) is 19.1. The van der Waals surface area contributed by atoms with Crippen molar-refractivity contribution in [3.8, 4) is 0 Å². The van der Waals surface area contributed by atoms with Gasteiger partial charge >= 0.3 is 6.03 Å². The van der Waals surface area contributed by atoms with Gasteiger partial charge in [-0.25, -0.2) is 4.79 Å². The molecule has 118 valence electrons. The zero-order valence-corrected chi connectivity index (χ0v) is 13.2. The highest BCUT2D eigenvalue weighted by Crippen LogP contribution is 2.08. The second-order valence-electron chi connectivity index (χ2n) is 4.92. The maximum atomic E-state index is 11.8. The minimum atomic E-state index is -0.396. The summed E-state index contributed by atoms with van der Waals surface area (Å²) in [5.41, 5.74) is 0. The lowest BCUT2D eigenvalue weighted by Crippen LogP contribution is -2.48. The minimum Gasteiger partial charge on any atom is -0.338 e. The van der Waals surface area contributed by atoms with E-state index in [9.17, 15) is 9.59 Å². The topological polar surface area (TPSA) is 73.5 Å². The van der Waals surface area contributed by atoms with Crippen molar-refractivity contribution in [1.29, 1.82) is 0 Å². The van der Waals surface area contributed by atoms with Gasteiger partial charge in [-0.05, 0) is 32.4 Å². The normalized spacial score (nSPS) is 17.6. The van der Waals surface area contributed by atoms with Crippen LogP contribution in [0.5, 0.6) is 0 Å². The van der Waals surface area contributed by atoms with Crippen LogP contribution in [0.25, 0.3) is 0 Å². The van der Waals surface area contributed by atoms with Gasteiger partial charge in [-0.1, -0.05) is 13.8 Å². The molecule has 1 rings (SSSR count). The Balaban J connectivity index is 0.00000361. The predicted octanol–water partition coefficient (Wildman–Crippen LogP) is 0.718. The number of halogens is 1. The van der Waals surface area contributed by atoms with E-state index >= 15 is 0 Å². The highest BCUT2D eigenvalue weighted by Gasteiger charge is 2.23. The fourth-order valence-electron chi connectivity index (χ4n) is 2.26. The average molecular weight is 307 g/mol. The smallest absolute Gasteiger partial charge is 0.321 e. The van der Waals surface area contributed by atoms with Crippen molar-refractivity contribution in [3.63, 3.8) is 0 Å². The predicted molar refractivity (Wildman–Crippen MR) is 82.2 cm³/mol. The molecule has 1 fully saturated rings. The molecule has 0 spiro atoms. The Morgan fingerprint density at radius 2 is 2.05 bits per heavy atom. The van der Waals surface area contributed by atoms with E-state index in [1.54, 1.807) is 0 Å². The van der Waals surface area contributed by atoms with E-state index in [2.05, 4.69) is 27.8 Å². The summed E-state index contributed by atoms with van der Waals surface area (Å²) >= 11 is 0. The molecule has 1 atom stereocenters. The molecule has 3 amide bonds. The Bertz CT molecular complexity index is 296. The lowest BCUT2D eigenvalue weighted by atomic mass is 10.2. The van der Waals surface area contributed by atoms with Gasteiger partial charge in [0, 0.05) is 19.1 Å². The van der Waals surface area contributed by atoms with Crippen LogP contribution < -0.4 is 16.0 Å². The number of carbonyl (C=O) groups excluding carboxylic acids is 2. The van der Waals surface area contributed by atoms with Gasteiger partial charge in [0.15, 0.2) is 0 Å². The number of carbonyl (C=O) groups is 2. The molecule has 0 aliphatic carbocycles. The monoisotopic (exact) mass is 306 g/mol. The molecule has 0 aromatic rings. The third kappa shape index (κ3) is 7.07. The number of nitrogens with one attached hydrogen (secondary N) is 3. The van der Waals surface area contributed by atoms with Gasteiger partial charge in [-0.2, -0.15) is 0 Å². The van der Waals surface area contributed by atoms with Gasteiger partial charge in [0.25, 0.3) is 0 Å². The number of hydrogen-bond donors (Lipinski definition) is 3. The number of imide groups is 1. The molecule has 1 aliphatic rings. The Hall–Kier alpha value is -0.850. The molecule has 1 aliphatic heterocycles. The van der Waals surface area contributed by atoms with Crippen molar-refractivity contribution in [2.45, 2.75) is 39.2 Å². The van der Waals surface area contributed by atoms with E-state index in [1.165, 1.54) is 0 Å². The van der Waals surface area contributed by atoms with E-state index in [0.29, 0.717) is 19.1 Å². The quantitative estimate of drug-likeness (QED) is 0.648. The molecule has 20 heavy (non-hydrogen) atoms. The van der Waals surface area contributed by atoms with Crippen molar-refractivity contribution in [3.05, 3.63) is 0 Å². The number of hydrogen-bond acceptors (Lipinski definition) is 4. The van der Waals surface area contributed by atoms with Crippen LogP contribution in [0.2, 0.25) is 0 Å². The van der Waals surface area contributed by atoms with E-state index < -0.39 is 6.03 Å². The van der Waals surface area contributed by atoms with Gasteiger partial charge in [0.1, 0.15) is 0 Å². The molecular formula is C13H27ClN4O2. The van der Waals surface area contributed by atoms with Gasteiger partial charge < -0.3 is 10.6 Å². The van der Waals surface area contributed by atoms with Crippen molar-refractivity contribution >= 4 is 24.3 Å². The molecule has 7 heteroatoms. The molecule has 1 saturated heterocycles. The Morgan fingerprint density at radius 3 is 2.60 bits per heavy atom. The van der Waals surface area contributed by atoms with Gasteiger partial charge in [-0.3, -0.25) is 15.0 Å². The fourth-order valence-corrected chi connectivity index (χ4v) is 2.26. The molecule has 0 radical (unpaired) electrons. The van der Waals surface area contributed by atoms with E-state index in [0.717, 1.165) is 38.9 Å². The summed E-state index contributed by atoms with van der Waals surface area (Å²) < 4.78 is 0. The molecule has 0 saturated carbocycles. The van der Waals surface area contributed by atoms with Crippen LogP contribution >= 0.6 is 12.4 Å². The summed E-state index contributed by atoms with van der Waals surface area (Å²) in [7, 11) is 0. The molecule has 3 N–H and O–H groups in total. The molecule has 0 bridgehead atoms.